The standard InChI is InChI=1S/C20H28N6O2/c1-25-9-11-26(12-10-25)19-15(5-4-8-22-19)14-23-20(21)24-16-6-7-17(27-2)18(13-16)28-3/h4-8,13H,9-12,14H2,1-3H3,(H3,21,23,24). The number of methoxy groups -OCH3 is 2. The van der Waals surface area contributed by atoms with E-state index in [0.717, 1.165) is 43.2 Å². The van der Waals surface area contributed by atoms with Gasteiger partial charge in [-0.3, -0.25) is 0 Å². The summed E-state index contributed by atoms with van der Waals surface area (Å²) in [6.07, 6.45) is 1.83. The Balaban J connectivity index is 1.68. The van der Waals surface area contributed by atoms with Gasteiger partial charge in [-0.05, 0) is 25.2 Å². The molecule has 1 aromatic carbocycles. The molecule has 3 rings (SSSR count). The van der Waals surface area contributed by atoms with E-state index in [4.69, 9.17) is 15.2 Å². The minimum Gasteiger partial charge on any atom is -0.493 e. The van der Waals surface area contributed by atoms with Gasteiger partial charge in [0.05, 0.1) is 20.8 Å². The fraction of sp³-hybridized carbons (Fsp3) is 0.400. The molecule has 0 radical (unpaired) electrons. The summed E-state index contributed by atoms with van der Waals surface area (Å²) in [6, 6.07) is 9.49. The molecule has 2 heterocycles. The highest BCUT2D eigenvalue weighted by molar-refractivity contribution is 5.92. The number of nitrogens with two attached hydrogens (primary N) is 1. The van der Waals surface area contributed by atoms with Gasteiger partial charge in [-0.1, -0.05) is 6.07 Å². The van der Waals surface area contributed by atoms with Gasteiger partial charge in [0.1, 0.15) is 5.82 Å². The summed E-state index contributed by atoms with van der Waals surface area (Å²) < 4.78 is 10.6. The van der Waals surface area contributed by atoms with Gasteiger partial charge < -0.3 is 30.3 Å². The summed E-state index contributed by atoms with van der Waals surface area (Å²) in [5.74, 6) is 2.61. The van der Waals surface area contributed by atoms with E-state index in [9.17, 15) is 0 Å². The van der Waals surface area contributed by atoms with Crippen molar-refractivity contribution in [2.45, 2.75) is 6.54 Å². The average molecular weight is 384 g/mol. The van der Waals surface area contributed by atoms with Crippen molar-refractivity contribution in [3.05, 3.63) is 42.1 Å². The second-order valence-corrected chi connectivity index (χ2v) is 6.67. The van der Waals surface area contributed by atoms with Crippen LogP contribution in [-0.4, -0.2) is 63.3 Å². The first-order valence-electron chi connectivity index (χ1n) is 9.27. The number of likely N-dealkylation sites (N-methyl/N-ethyl adjacent to an activating group) is 1. The second-order valence-electron chi connectivity index (χ2n) is 6.67. The lowest BCUT2D eigenvalue weighted by Gasteiger charge is -2.34. The minimum atomic E-state index is 0.334. The number of benzene rings is 1. The highest BCUT2D eigenvalue weighted by Gasteiger charge is 2.17. The molecule has 8 nitrogen and oxygen atoms in total. The SMILES string of the molecule is COc1ccc(NC(N)=NCc2cccnc2N2CCN(C)CC2)cc1OC. The smallest absolute Gasteiger partial charge is 0.193 e. The van der Waals surface area contributed by atoms with E-state index in [1.165, 1.54) is 0 Å². The molecule has 0 amide bonds. The summed E-state index contributed by atoms with van der Waals surface area (Å²) in [5, 5.41) is 3.09. The number of ether oxygens (including phenoxy) is 2. The Bertz CT molecular complexity index is 818. The first-order valence-corrected chi connectivity index (χ1v) is 9.27. The fourth-order valence-electron chi connectivity index (χ4n) is 3.13. The number of rotatable bonds is 6. The molecule has 28 heavy (non-hydrogen) atoms. The van der Waals surface area contributed by atoms with Gasteiger partial charge >= 0.3 is 0 Å². The first-order chi connectivity index (χ1) is 13.6. The Morgan fingerprint density at radius 3 is 2.61 bits per heavy atom. The number of piperazine rings is 1. The van der Waals surface area contributed by atoms with Crippen molar-refractivity contribution in [2.75, 3.05) is 57.7 Å². The molecule has 1 fully saturated rings. The number of aliphatic imine (C=N–C) groups is 1. The van der Waals surface area contributed by atoms with Gasteiger partial charge in [-0.15, -0.1) is 0 Å². The van der Waals surface area contributed by atoms with Crippen LogP contribution in [0.3, 0.4) is 0 Å². The molecule has 1 saturated heterocycles. The number of nitrogens with zero attached hydrogens (tertiary/aromatic N) is 4. The van der Waals surface area contributed by atoms with Crippen molar-refractivity contribution < 1.29 is 9.47 Å². The monoisotopic (exact) mass is 384 g/mol. The number of aromatic nitrogens is 1. The molecule has 150 valence electrons. The third-order valence-electron chi connectivity index (χ3n) is 4.75. The van der Waals surface area contributed by atoms with Gasteiger partial charge in [0, 0.05) is 49.7 Å². The molecule has 0 bridgehead atoms. The highest BCUT2D eigenvalue weighted by atomic mass is 16.5. The maximum atomic E-state index is 6.09. The Morgan fingerprint density at radius 1 is 1.14 bits per heavy atom. The van der Waals surface area contributed by atoms with Crippen molar-refractivity contribution >= 4 is 17.5 Å². The van der Waals surface area contributed by atoms with Crippen molar-refractivity contribution in [3.8, 4) is 11.5 Å². The third-order valence-corrected chi connectivity index (χ3v) is 4.75. The predicted octanol–water partition coefficient (Wildman–Crippen LogP) is 1.78. The van der Waals surface area contributed by atoms with Gasteiger partial charge in [0.2, 0.25) is 0 Å². The molecular weight excluding hydrogens is 356 g/mol. The Kier molecular flexibility index (Phi) is 6.54. The number of hydrogen-bond acceptors (Lipinski definition) is 6. The van der Waals surface area contributed by atoms with Crippen LogP contribution in [-0.2, 0) is 6.54 Å². The zero-order valence-electron chi connectivity index (χ0n) is 16.7. The van der Waals surface area contributed by atoms with E-state index in [1.54, 1.807) is 14.2 Å². The number of nitrogens with one attached hydrogen (secondary N) is 1. The van der Waals surface area contributed by atoms with Crippen LogP contribution >= 0.6 is 0 Å². The van der Waals surface area contributed by atoms with Crippen molar-refractivity contribution in [1.29, 1.82) is 0 Å². The molecular formula is C20H28N6O2. The maximum Gasteiger partial charge on any atom is 0.193 e. The Labute approximate surface area is 166 Å². The number of guanidine groups is 1. The fourth-order valence-corrected chi connectivity index (χ4v) is 3.13. The summed E-state index contributed by atoms with van der Waals surface area (Å²) in [5.41, 5.74) is 7.93. The summed E-state index contributed by atoms with van der Waals surface area (Å²) in [6.45, 7) is 4.44. The molecule has 3 N–H and O–H groups in total. The van der Waals surface area contributed by atoms with E-state index in [1.807, 2.05) is 36.5 Å². The molecule has 1 aromatic heterocycles. The third kappa shape index (κ3) is 4.83. The van der Waals surface area contributed by atoms with Crippen LogP contribution in [0.5, 0.6) is 11.5 Å². The lowest BCUT2D eigenvalue weighted by Crippen LogP contribution is -2.45. The summed E-state index contributed by atoms with van der Waals surface area (Å²) in [7, 11) is 5.34. The van der Waals surface area contributed by atoms with Crippen LogP contribution in [0.1, 0.15) is 5.56 Å². The van der Waals surface area contributed by atoms with Gasteiger partial charge in [0.15, 0.2) is 17.5 Å². The van der Waals surface area contributed by atoms with Crippen LogP contribution in [0.4, 0.5) is 11.5 Å². The van der Waals surface area contributed by atoms with Crippen molar-refractivity contribution in [2.24, 2.45) is 10.7 Å². The van der Waals surface area contributed by atoms with Crippen LogP contribution in [0, 0.1) is 0 Å². The largest absolute Gasteiger partial charge is 0.493 e. The molecule has 0 saturated carbocycles. The molecule has 2 aromatic rings. The Hall–Kier alpha value is -3.00. The molecule has 1 aliphatic heterocycles. The normalized spacial score (nSPS) is 15.4. The van der Waals surface area contributed by atoms with Crippen LogP contribution in [0.15, 0.2) is 41.5 Å². The predicted molar refractivity (Wildman–Crippen MR) is 112 cm³/mol. The average Bonchev–Trinajstić information content (AvgIpc) is 2.73. The molecule has 0 spiro atoms. The zero-order chi connectivity index (χ0) is 19.9. The molecule has 0 atom stereocenters. The zero-order valence-corrected chi connectivity index (χ0v) is 16.7. The topological polar surface area (TPSA) is 88.2 Å². The number of hydrogen-bond donors (Lipinski definition) is 2. The number of anilines is 2. The first kappa shape index (κ1) is 19.8. The van der Waals surface area contributed by atoms with E-state index in [0.29, 0.717) is 24.0 Å². The van der Waals surface area contributed by atoms with Crippen molar-refractivity contribution in [3.63, 3.8) is 0 Å². The van der Waals surface area contributed by atoms with Gasteiger partial charge in [-0.25, -0.2) is 9.98 Å². The summed E-state index contributed by atoms with van der Waals surface area (Å²) in [4.78, 5) is 13.7. The summed E-state index contributed by atoms with van der Waals surface area (Å²) >= 11 is 0. The second kappa shape index (κ2) is 9.27. The lowest BCUT2D eigenvalue weighted by molar-refractivity contribution is 0.312. The van der Waals surface area contributed by atoms with E-state index in [2.05, 4.69) is 32.1 Å². The maximum absolute atomic E-state index is 6.09. The quantitative estimate of drug-likeness (QED) is 0.580. The lowest BCUT2D eigenvalue weighted by atomic mass is 10.2. The van der Waals surface area contributed by atoms with Crippen LogP contribution in [0.25, 0.3) is 0 Å². The Morgan fingerprint density at radius 2 is 1.89 bits per heavy atom. The van der Waals surface area contributed by atoms with Crippen LogP contribution in [0.2, 0.25) is 0 Å². The van der Waals surface area contributed by atoms with E-state index < -0.39 is 0 Å². The molecule has 1 aliphatic rings. The van der Waals surface area contributed by atoms with Gasteiger partial charge in [-0.2, -0.15) is 0 Å². The molecule has 8 heteroatoms. The van der Waals surface area contributed by atoms with Crippen molar-refractivity contribution in [1.82, 2.24) is 9.88 Å². The minimum absolute atomic E-state index is 0.334. The highest BCUT2D eigenvalue weighted by Crippen LogP contribution is 2.29. The molecule has 0 aliphatic carbocycles. The van der Waals surface area contributed by atoms with Gasteiger partial charge in [0.25, 0.3) is 0 Å². The molecule has 0 unspecified atom stereocenters. The van der Waals surface area contributed by atoms with Crippen LogP contribution < -0.4 is 25.4 Å². The number of pyridine rings is 1. The van der Waals surface area contributed by atoms with E-state index in [-0.39, 0.29) is 0 Å². The van der Waals surface area contributed by atoms with E-state index >= 15 is 0 Å².